The zero-order chi connectivity index (χ0) is 25.9. The number of anilines is 1. The number of aromatic nitrogens is 2. The lowest BCUT2D eigenvalue weighted by molar-refractivity contribution is -0.135. The average Bonchev–Trinajstić information content (AvgIpc) is 3.27. The quantitative estimate of drug-likeness (QED) is 0.278. The van der Waals surface area contributed by atoms with Gasteiger partial charge in [-0.2, -0.15) is 5.10 Å². The third-order valence-corrected chi connectivity index (χ3v) is 5.88. The van der Waals surface area contributed by atoms with Gasteiger partial charge in [-0.1, -0.05) is 76.8 Å². The van der Waals surface area contributed by atoms with Crippen LogP contribution >= 0.6 is 0 Å². The summed E-state index contributed by atoms with van der Waals surface area (Å²) in [5.74, 6) is 0.0702. The molecule has 0 aliphatic carbocycles. The van der Waals surface area contributed by atoms with Gasteiger partial charge in [-0.15, -0.1) is 0 Å². The number of rotatable bonds is 13. The SMILES string of the molecule is CCCCCCCC(=O)N(CC(=O)Nc1cc(-c2ccccc2)nn1-c1ccc(F)cc1)CC(C)C. The Morgan fingerprint density at radius 2 is 1.69 bits per heavy atom. The minimum absolute atomic E-state index is 0.00682. The van der Waals surface area contributed by atoms with Gasteiger partial charge in [0.15, 0.2) is 0 Å². The molecule has 0 fully saturated rings. The molecule has 2 aromatic carbocycles. The lowest BCUT2D eigenvalue weighted by atomic mass is 10.1. The van der Waals surface area contributed by atoms with Gasteiger partial charge in [0.1, 0.15) is 11.6 Å². The highest BCUT2D eigenvalue weighted by molar-refractivity contribution is 5.94. The van der Waals surface area contributed by atoms with Crippen molar-refractivity contribution in [3.63, 3.8) is 0 Å². The Labute approximate surface area is 213 Å². The second-order valence-corrected chi connectivity index (χ2v) is 9.55. The van der Waals surface area contributed by atoms with E-state index in [0.29, 0.717) is 30.2 Å². The van der Waals surface area contributed by atoms with E-state index >= 15 is 0 Å². The lowest BCUT2D eigenvalue weighted by Crippen LogP contribution is -2.40. The summed E-state index contributed by atoms with van der Waals surface area (Å²) in [5, 5.41) is 7.59. The molecule has 3 aromatic rings. The van der Waals surface area contributed by atoms with Crippen molar-refractivity contribution in [3.05, 3.63) is 66.5 Å². The summed E-state index contributed by atoms with van der Waals surface area (Å²) in [5.41, 5.74) is 2.20. The van der Waals surface area contributed by atoms with E-state index in [-0.39, 0.29) is 30.1 Å². The van der Waals surface area contributed by atoms with Crippen LogP contribution in [0.15, 0.2) is 60.7 Å². The van der Waals surface area contributed by atoms with Gasteiger partial charge in [0.25, 0.3) is 0 Å². The van der Waals surface area contributed by atoms with Crippen molar-refractivity contribution in [2.24, 2.45) is 5.92 Å². The Hall–Kier alpha value is -3.48. The molecule has 0 spiro atoms. The third kappa shape index (κ3) is 8.04. The molecule has 2 amide bonds. The average molecular weight is 493 g/mol. The van der Waals surface area contributed by atoms with Crippen LogP contribution in [-0.4, -0.2) is 39.6 Å². The molecule has 192 valence electrons. The maximum atomic E-state index is 13.5. The minimum Gasteiger partial charge on any atom is -0.333 e. The molecule has 0 aliphatic rings. The molecule has 0 saturated heterocycles. The van der Waals surface area contributed by atoms with E-state index in [9.17, 15) is 14.0 Å². The summed E-state index contributed by atoms with van der Waals surface area (Å²) in [4.78, 5) is 27.7. The van der Waals surface area contributed by atoms with Crippen LogP contribution in [0, 0.1) is 11.7 Å². The van der Waals surface area contributed by atoms with Crippen LogP contribution in [0.2, 0.25) is 0 Å². The number of carbonyl (C=O) groups excluding carboxylic acids is 2. The smallest absolute Gasteiger partial charge is 0.245 e. The van der Waals surface area contributed by atoms with Gasteiger partial charge >= 0.3 is 0 Å². The minimum atomic E-state index is -0.350. The van der Waals surface area contributed by atoms with Gasteiger partial charge < -0.3 is 10.2 Å². The molecule has 0 saturated carbocycles. The Balaban J connectivity index is 1.76. The zero-order valence-electron chi connectivity index (χ0n) is 21.5. The van der Waals surface area contributed by atoms with Crippen molar-refractivity contribution in [2.45, 2.75) is 59.3 Å². The Morgan fingerprint density at radius 3 is 2.36 bits per heavy atom. The fourth-order valence-electron chi connectivity index (χ4n) is 4.09. The fourth-order valence-corrected chi connectivity index (χ4v) is 4.09. The zero-order valence-corrected chi connectivity index (χ0v) is 21.5. The predicted molar refractivity (Wildman–Crippen MR) is 142 cm³/mol. The summed E-state index contributed by atoms with van der Waals surface area (Å²) in [6.45, 7) is 6.73. The lowest BCUT2D eigenvalue weighted by Gasteiger charge is -2.24. The third-order valence-electron chi connectivity index (χ3n) is 5.88. The molecule has 6 nitrogen and oxygen atoms in total. The second kappa shape index (κ2) is 13.6. The van der Waals surface area contributed by atoms with Crippen LogP contribution in [0.4, 0.5) is 10.2 Å². The first kappa shape index (κ1) is 27.1. The molecule has 0 aliphatic heterocycles. The fraction of sp³-hybridized carbons (Fsp3) is 0.414. The molecular weight excluding hydrogens is 455 g/mol. The summed E-state index contributed by atoms with van der Waals surface area (Å²) in [7, 11) is 0. The van der Waals surface area contributed by atoms with Crippen molar-refractivity contribution >= 4 is 17.6 Å². The second-order valence-electron chi connectivity index (χ2n) is 9.55. The van der Waals surface area contributed by atoms with Crippen molar-refractivity contribution in [1.82, 2.24) is 14.7 Å². The van der Waals surface area contributed by atoms with Crippen LogP contribution < -0.4 is 5.32 Å². The highest BCUT2D eigenvalue weighted by Gasteiger charge is 2.20. The van der Waals surface area contributed by atoms with Crippen LogP contribution in [0.1, 0.15) is 59.3 Å². The monoisotopic (exact) mass is 492 g/mol. The van der Waals surface area contributed by atoms with E-state index < -0.39 is 0 Å². The van der Waals surface area contributed by atoms with Crippen molar-refractivity contribution in [3.8, 4) is 16.9 Å². The first-order valence-corrected chi connectivity index (χ1v) is 12.9. The molecule has 36 heavy (non-hydrogen) atoms. The highest BCUT2D eigenvalue weighted by Crippen LogP contribution is 2.25. The van der Waals surface area contributed by atoms with E-state index in [2.05, 4.69) is 17.3 Å². The molecular formula is C29H37FN4O2. The number of nitrogens with zero attached hydrogens (tertiary/aromatic N) is 3. The molecule has 1 heterocycles. The molecule has 1 N–H and O–H groups in total. The number of unbranched alkanes of at least 4 members (excludes halogenated alkanes) is 4. The topological polar surface area (TPSA) is 67.2 Å². The number of nitrogens with one attached hydrogen (secondary N) is 1. The number of benzene rings is 2. The van der Waals surface area contributed by atoms with Crippen LogP contribution in [0.3, 0.4) is 0 Å². The predicted octanol–water partition coefficient (Wildman–Crippen LogP) is 6.46. The van der Waals surface area contributed by atoms with E-state index in [0.717, 1.165) is 31.2 Å². The van der Waals surface area contributed by atoms with Crippen molar-refractivity contribution in [1.29, 1.82) is 0 Å². The number of amides is 2. The summed E-state index contributed by atoms with van der Waals surface area (Å²) in [6, 6.07) is 17.4. The van der Waals surface area contributed by atoms with Crippen molar-refractivity contribution in [2.75, 3.05) is 18.4 Å². The normalized spacial score (nSPS) is 11.0. The van der Waals surface area contributed by atoms with E-state index in [4.69, 9.17) is 0 Å². The summed E-state index contributed by atoms with van der Waals surface area (Å²) in [6.07, 6.45) is 5.79. The van der Waals surface area contributed by atoms with Gasteiger partial charge in [-0.25, -0.2) is 9.07 Å². The van der Waals surface area contributed by atoms with Gasteiger partial charge in [-0.3, -0.25) is 9.59 Å². The van der Waals surface area contributed by atoms with Gasteiger partial charge in [-0.05, 0) is 36.6 Å². The Kier molecular flexibility index (Phi) is 10.2. The first-order valence-electron chi connectivity index (χ1n) is 12.9. The number of carbonyl (C=O) groups is 2. The van der Waals surface area contributed by atoms with E-state index in [1.54, 1.807) is 27.8 Å². The van der Waals surface area contributed by atoms with Crippen LogP contribution in [0.25, 0.3) is 16.9 Å². The maximum Gasteiger partial charge on any atom is 0.245 e. The largest absolute Gasteiger partial charge is 0.333 e. The van der Waals surface area contributed by atoms with Gasteiger partial charge in [0, 0.05) is 24.6 Å². The molecule has 7 heteroatoms. The molecule has 3 rings (SSSR count). The van der Waals surface area contributed by atoms with E-state index in [1.807, 2.05) is 44.2 Å². The molecule has 0 bridgehead atoms. The number of halogens is 1. The van der Waals surface area contributed by atoms with Crippen LogP contribution in [0.5, 0.6) is 0 Å². The Morgan fingerprint density at radius 1 is 1.00 bits per heavy atom. The molecule has 0 radical (unpaired) electrons. The van der Waals surface area contributed by atoms with Crippen molar-refractivity contribution < 1.29 is 14.0 Å². The Bertz CT molecular complexity index is 1110. The van der Waals surface area contributed by atoms with Gasteiger partial charge in [0.2, 0.25) is 11.8 Å². The maximum absolute atomic E-state index is 13.5. The summed E-state index contributed by atoms with van der Waals surface area (Å²) >= 11 is 0. The number of hydrogen-bond acceptors (Lipinski definition) is 3. The first-order chi connectivity index (χ1) is 17.4. The molecule has 0 atom stereocenters. The van der Waals surface area contributed by atoms with E-state index in [1.165, 1.54) is 18.6 Å². The van der Waals surface area contributed by atoms with Crippen LogP contribution in [-0.2, 0) is 9.59 Å². The molecule has 0 unspecified atom stereocenters. The molecule has 1 aromatic heterocycles. The summed E-state index contributed by atoms with van der Waals surface area (Å²) < 4.78 is 15.1. The highest BCUT2D eigenvalue weighted by atomic mass is 19.1. The standard InChI is InChI=1S/C29H37FN4O2/c1-4-5-6-7-11-14-29(36)33(20-22(2)3)21-28(35)31-27-19-26(23-12-9-8-10-13-23)32-34(27)25-17-15-24(30)16-18-25/h8-10,12-13,15-19,22H,4-7,11,14,20-21H2,1-3H3,(H,31,35). The van der Waals surface area contributed by atoms with Gasteiger partial charge in [0.05, 0.1) is 17.9 Å². The number of hydrogen-bond donors (Lipinski definition) is 1.